The largest absolute Gasteiger partial charge is 0.494 e. The number of rotatable bonds is 9. The number of nitrogens with zero attached hydrogens (tertiary/aromatic N) is 1. The standard InChI is InChI=1S/C22H26N2O4/c1-17-8-10-18(11-9-17)27-15-5-4-13-23-21(25)12-14-24-19-6-2-3-7-20(19)28-16-22(24)26/h2-3,6-11H,4-5,12-16H2,1H3,(H,23,25). The molecule has 2 amide bonds. The normalized spacial score (nSPS) is 12.9. The highest BCUT2D eigenvalue weighted by Gasteiger charge is 2.25. The minimum Gasteiger partial charge on any atom is -0.494 e. The molecule has 2 aromatic carbocycles. The molecule has 0 bridgehead atoms. The highest BCUT2D eigenvalue weighted by Crippen LogP contribution is 2.31. The van der Waals surface area contributed by atoms with E-state index in [1.807, 2.05) is 55.5 Å². The molecule has 0 saturated heterocycles. The van der Waals surface area contributed by atoms with E-state index in [9.17, 15) is 9.59 Å². The molecule has 148 valence electrons. The predicted molar refractivity (Wildman–Crippen MR) is 108 cm³/mol. The van der Waals surface area contributed by atoms with Crippen LogP contribution in [0.3, 0.4) is 0 Å². The average Bonchev–Trinajstić information content (AvgIpc) is 2.71. The zero-order valence-corrected chi connectivity index (χ0v) is 16.1. The molecule has 1 N–H and O–H groups in total. The lowest BCUT2D eigenvalue weighted by Gasteiger charge is -2.29. The van der Waals surface area contributed by atoms with Gasteiger partial charge in [-0.3, -0.25) is 9.59 Å². The van der Waals surface area contributed by atoms with Crippen molar-refractivity contribution in [2.24, 2.45) is 0 Å². The van der Waals surface area contributed by atoms with Gasteiger partial charge in [-0.1, -0.05) is 29.8 Å². The molecule has 0 radical (unpaired) electrons. The lowest BCUT2D eigenvalue weighted by molar-refractivity contribution is -0.122. The minimum absolute atomic E-state index is 0.0135. The Hall–Kier alpha value is -3.02. The van der Waals surface area contributed by atoms with Crippen LogP contribution < -0.4 is 19.7 Å². The summed E-state index contributed by atoms with van der Waals surface area (Å²) in [7, 11) is 0. The van der Waals surface area contributed by atoms with Crippen molar-refractivity contribution in [2.45, 2.75) is 26.2 Å². The maximum absolute atomic E-state index is 12.1. The number of anilines is 1. The number of aryl methyl sites for hydroxylation is 1. The van der Waals surface area contributed by atoms with Crippen molar-refractivity contribution in [3.8, 4) is 11.5 Å². The lowest BCUT2D eigenvalue weighted by Crippen LogP contribution is -2.41. The van der Waals surface area contributed by atoms with Crippen molar-refractivity contribution in [3.05, 3.63) is 54.1 Å². The quantitative estimate of drug-likeness (QED) is 0.677. The highest BCUT2D eigenvalue weighted by molar-refractivity contribution is 5.98. The van der Waals surface area contributed by atoms with E-state index in [2.05, 4.69) is 5.32 Å². The highest BCUT2D eigenvalue weighted by atomic mass is 16.5. The van der Waals surface area contributed by atoms with Crippen LogP contribution >= 0.6 is 0 Å². The summed E-state index contributed by atoms with van der Waals surface area (Å²) < 4.78 is 11.1. The SMILES string of the molecule is Cc1ccc(OCCCCNC(=O)CCN2C(=O)COc3ccccc32)cc1. The van der Waals surface area contributed by atoms with Crippen LogP contribution in [0.15, 0.2) is 48.5 Å². The number of benzene rings is 2. The van der Waals surface area contributed by atoms with E-state index in [0.717, 1.165) is 24.3 Å². The first-order valence-corrected chi connectivity index (χ1v) is 9.62. The van der Waals surface area contributed by atoms with Gasteiger partial charge in [0.2, 0.25) is 5.91 Å². The van der Waals surface area contributed by atoms with Crippen molar-refractivity contribution in [2.75, 3.05) is 31.2 Å². The molecule has 0 fully saturated rings. The van der Waals surface area contributed by atoms with E-state index in [-0.39, 0.29) is 24.8 Å². The van der Waals surface area contributed by atoms with Crippen LogP contribution in [0.4, 0.5) is 5.69 Å². The average molecular weight is 382 g/mol. The Morgan fingerprint density at radius 3 is 2.75 bits per heavy atom. The summed E-state index contributed by atoms with van der Waals surface area (Å²) in [6.45, 7) is 3.63. The van der Waals surface area contributed by atoms with Gasteiger partial charge in [0.25, 0.3) is 5.91 Å². The summed E-state index contributed by atoms with van der Waals surface area (Å²) >= 11 is 0. The van der Waals surface area contributed by atoms with Gasteiger partial charge < -0.3 is 19.7 Å². The topological polar surface area (TPSA) is 67.9 Å². The maximum Gasteiger partial charge on any atom is 0.265 e. The number of fused-ring (bicyclic) bond motifs is 1. The molecule has 1 aliphatic heterocycles. The number of hydrogen-bond donors (Lipinski definition) is 1. The molecule has 6 nitrogen and oxygen atoms in total. The number of unbranched alkanes of at least 4 members (excludes halogenated alkanes) is 1. The third kappa shape index (κ3) is 5.49. The Balaban J connectivity index is 1.32. The van der Waals surface area contributed by atoms with Crippen LogP contribution in [-0.4, -0.2) is 38.1 Å². The summed E-state index contributed by atoms with van der Waals surface area (Å²) in [5.74, 6) is 1.36. The molecule has 0 atom stereocenters. The van der Waals surface area contributed by atoms with Crippen molar-refractivity contribution >= 4 is 17.5 Å². The van der Waals surface area contributed by atoms with E-state index in [0.29, 0.717) is 25.4 Å². The molecule has 0 aliphatic carbocycles. The van der Waals surface area contributed by atoms with Gasteiger partial charge >= 0.3 is 0 Å². The van der Waals surface area contributed by atoms with Crippen LogP contribution in [0.1, 0.15) is 24.8 Å². The molecule has 3 rings (SSSR count). The van der Waals surface area contributed by atoms with Crippen molar-refractivity contribution in [1.29, 1.82) is 0 Å². The number of amides is 2. The molecule has 1 aliphatic rings. The molecular formula is C22H26N2O4. The van der Waals surface area contributed by atoms with Gasteiger partial charge in [-0.05, 0) is 44.0 Å². The Labute approximate surface area is 165 Å². The van der Waals surface area contributed by atoms with Crippen molar-refractivity contribution < 1.29 is 19.1 Å². The number of ether oxygens (including phenoxy) is 2. The Morgan fingerprint density at radius 2 is 1.93 bits per heavy atom. The van der Waals surface area contributed by atoms with Gasteiger partial charge in [0.05, 0.1) is 12.3 Å². The van der Waals surface area contributed by atoms with Crippen LogP contribution in [0.25, 0.3) is 0 Å². The van der Waals surface area contributed by atoms with Gasteiger partial charge in [0, 0.05) is 19.5 Å². The second-order valence-electron chi connectivity index (χ2n) is 6.77. The van der Waals surface area contributed by atoms with E-state index < -0.39 is 0 Å². The fraction of sp³-hybridized carbons (Fsp3) is 0.364. The van der Waals surface area contributed by atoms with E-state index >= 15 is 0 Å². The van der Waals surface area contributed by atoms with E-state index in [4.69, 9.17) is 9.47 Å². The van der Waals surface area contributed by atoms with Gasteiger partial charge in [0.1, 0.15) is 11.5 Å². The fourth-order valence-corrected chi connectivity index (χ4v) is 2.98. The number of carbonyl (C=O) groups is 2. The Kier molecular flexibility index (Phi) is 6.89. The Bertz CT molecular complexity index is 804. The molecule has 6 heteroatoms. The molecule has 0 spiro atoms. The first-order chi connectivity index (χ1) is 13.6. The summed E-state index contributed by atoms with van der Waals surface area (Å²) in [6, 6.07) is 15.3. The molecule has 0 saturated carbocycles. The number of para-hydroxylation sites is 2. The number of hydrogen-bond acceptors (Lipinski definition) is 4. The van der Waals surface area contributed by atoms with Gasteiger partial charge in [-0.25, -0.2) is 0 Å². The minimum atomic E-state index is -0.125. The smallest absolute Gasteiger partial charge is 0.265 e. The van der Waals surface area contributed by atoms with E-state index in [1.165, 1.54) is 5.56 Å². The molecule has 0 aromatic heterocycles. The first kappa shape index (κ1) is 19.7. The van der Waals surface area contributed by atoms with Crippen LogP contribution in [0.5, 0.6) is 11.5 Å². The summed E-state index contributed by atoms with van der Waals surface area (Å²) in [6.07, 6.45) is 1.97. The molecule has 1 heterocycles. The van der Waals surface area contributed by atoms with Crippen LogP contribution in [0, 0.1) is 6.92 Å². The molecule has 0 unspecified atom stereocenters. The van der Waals surface area contributed by atoms with Gasteiger partial charge in [-0.15, -0.1) is 0 Å². The summed E-state index contributed by atoms with van der Waals surface area (Å²) in [5.41, 5.74) is 1.93. The summed E-state index contributed by atoms with van der Waals surface area (Å²) in [5, 5.41) is 2.90. The van der Waals surface area contributed by atoms with Crippen LogP contribution in [0.2, 0.25) is 0 Å². The Morgan fingerprint density at radius 1 is 1.14 bits per heavy atom. The molecular weight excluding hydrogens is 356 g/mol. The second kappa shape index (κ2) is 9.78. The maximum atomic E-state index is 12.1. The fourth-order valence-electron chi connectivity index (χ4n) is 2.98. The van der Waals surface area contributed by atoms with Crippen LogP contribution in [-0.2, 0) is 9.59 Å². The third-order valence-corrected chi connectivity index (χ3v) is 4.55. The monoisotopic (exact) mass is 382 g/mol. The number of carbonyl (C=O) groups excluding carboxylic acids is 2. The van der Waals surface area contributed by atoms with Gasteiger partial charge in [0.15, 0.2) is 6.61 Å². The second-order valence-corrected chi connectivity index (χ2v) is 6.77. The van der Waals surface area contributed by atoms with Crippen molar-refractivity contribution in [1.82, 2.24) is 5.32 Å². The zero-order valence-electron chi connectivity index (χ0n) is 16.1. The number of nitrogens with one attached hydrogen (secondary N) is 1. The third-order valence-electron chi connectivity index (χ3n) is 4.55. The van der Waals surface area contributed by atoms with Gasteiger partial charge in [-0.2, -0.15) is 0 Å². The lowest BCUT2D eigenvalue weighted by atomic mass is 10.2. The zero-order chi connectivity index (χ0) is 19.8. The van der Waals surface area contributed by atoms with E-state index in [1.54, 1.807) is 4.90 Å². The molecule has 28 heavy (non-hydrogen) atoms. The predicted octanol–water partition coefficient (Wildman–Crippen LogP) is 3.09. The first-order valence-electron chi connectivity index (χ1n) is 9.62. The van der Waals surface area contributed by atoms with Crippen molar-refractivity contribution in [3.63, 3.8) is 0 Å². The molecule has 2 aromatic rings. The summed E-state index contributed by atoms with van der Waals surface area (Å²) in [4.78, 5) is 25.8.